The lowest BCUT2D eigenvalue weighted by Crippen LogP contribution is -2.47. The molecular weight excluding hydrogens is 388 g/mol. The van der Waals surface area contributed by atoms with Gasteiger partial charge in [0.1, 0.15) is 0 Å². The Kier molecular flexibility index (Phi) is 10.3. The molecule has 4 fully saturated rings. The Balaban J connectivity index is 1.40. The minimum atomic E-state index is 0.471. The molecule has 0 aromatic rings. The number of rotatable bonds is 10. The van der Waals surface area contributed by atoms with Gasteiger partial charge in [-0.2, -0.15) is 0 Å². The van der Waals surface area contributed by atoms with Crippen LogP contribution < -0.4 is 0 Å². The van der Waals surface area contributed by atoms with Gasteiger partial charge in [0.15, 0.2) is 0 Å². The molecule has 4 saturated carbocycles. The molecule has 0 aromatic carbocycles. The van der Waals surface area contributed by atoms with Crippen LogP contribution in [0.15, 0.2) is 0 Å². The molecule has 1 heteroatoms. The number of hydrogen-bond acceptors (Lipinski definition) is 1. The summed E-state index contributed by atoms with van der Waals surface area (Å²) >= 11 is 0. The molecule has 4 rings (SSSR count). The normalized spacial score (nSPS) is 26.9. The predicted molar refractivity (Wildman–Crippen MR) is 138 cm³/mol. The largest absolute Gasteiger partial charge is 0.378 e. The van der Waals surface area contributed by atoms with Gasteiger partial charge in [-0.05, 0) is 100 Å². The van der Waals surface area contributed by atoms with Crippen molar-refractivity contribution in [2.24, 2.45) is 29.1 Å². The lowest BCUT2D eigenvalue weighted by atomic mass is 9.50. The van der Waals surface area contributed by atoms with E-state index in [0.717, 1.165) is 30.3 Å². The van der Waals surface area contributed by atoms with Crippen LogP contribution in [0.3, 0.4) is 0 Å². The Bertz CT molecular complexity index is 443. The van der Waals surface area contributed by atoms with Crippen LogP contribution in [-0.2, 0) is 4.74 Å². The average molecular weight is 445 g/mol. The van der Waals surface area contributed by atoms with Crippen LogP contribution in [0.25, 0.3) is 0 Å². The summed E-state index contributed by atoms with van der Waals surface area (Å²) in [5, 5.41) is 0. The fraction of sp³-hybridized carbons (Fsp3) is 1.00. The fourth-order valence-electron chi connectivity index (χ4n) is 8.97. The molecule has 1 atom stereocenters. The second-order valence-corrected chi connectivity index (χ2v) is 12.7. The highest BCUT2D eigenvalue weighted by molar-refractivity contribution is 4.99. The Morgan fingerprint density at radius 2 is 1.00 bits per heavy atom. The van der Waals surface area contributed by atoms with Crippen LogP contribution >= 0.6 is 0 Å². The van der Waals surface area contributed by atoms with Crippen LogP contribution in [0.2, 0.25) is 0 Å². The summed E-state index contributed by atoms with van der Waals surface area (Å²) < 4.78 is 6.43. The first kappa shape index (κ1) is 25.1. The van der Waals surface area contributed by atoms with Crippen molar-refractivity contribution in [2.75, 3.05) is 6.61 Å². The Morgan fingerprint density at radius 3 is 1.44 bits per heavy atom. The fourth-order valence-corrected chi connectivity index (χ4v) is 8.97. The summed E-state index contributed by atoms with van der Waals surface area (Å²) in [7, 11) is 0. The van der Waals surface area contributed by atoms with Crippen molar-refractivity contribution in [3.63, 3.8) is 0 Å². The molecule has 0 aliphatic heterocycles. The zero-order valence-electron chi connectivity index (χ0n) is 21.8. The van der Waals surface area contributed by atoms with Gasteiger partial charge in [0.25, 0.3) is 0 Å². The van der Waals surface area contributed by atoms with Crippen LogP contribution in [0.1, 0.15) is 155 Å². The molecule has 0 amide bonds. The second kappa shape index (κ2) is 13.2. The second-order valence-electron chi connectivity index (χ2n) is 12.7. The first-order valence-electron chi connectivity index (χ1n) is 15.4. The summed E-state index contributed by atoms with van der Waals surface area (Å²) in [6, 6.07) is 0. The quantitative estimate of drug-likeness (QED) is 0.326. The van der Waals surface area contributed by atoms with E-state index in [2.05, 4.69) is 6.92 Å². The van der Waals surface area contributed by atoms with Crippen molar-refractivity contribution >= 4 is 0 Å². The van der Waals surface area contributed by atoms with E-state index in [0.29, 0.717) is 11.5 Å². The van der Waals surface area contributed by atoms with Crippen molar-refractivity contribution < 1.29 is 4.74 Å². The highest BCUT2D eigenvalue weighted by Gasteiger charge is 2.49. The topological polar surface area (TPSA) is 9.23 Å². The standard InChI is InChI=1S/C31H56O/c1-26(32-25-27-16-6-2-7-17-27)15-14-24-31(28-18-8-3-9-19-28,29-20-10-4-11-21-29)30-22-12-5-13-23-30/h26-30H,2-25H2,1H3. The first-order valence-corrected chi connectivity index (χ1v) is 15.4. The third kappa shape index (κ3) is 6.55. The average Bonchev–Trinajstić information content (AvgIpc) is 2.88. The molecule has 0 saturated heterocycles. The molecule has 4 aliphatic rings. The van der Waals surface area contributed by atoms with Gasteiger partial charge in [-0.3, -0.25) is 0 Å². The molecule has 0 radical (unpaired) electrons. The van der Waals surface area contributed by atoms with E-state index in [1.165, 1.54) is 109 Å². The summed E-state index contributed by atoms with van der Waals surface area (Å²) in [5.74, 6) is 3.99. The van der Waals surface area contributed by atoms with Gasteiger partial charge in [-0.15, -0.1) is 0 Å². The number of hydrogen-bond donors (Lipinski definition) is 0. The minimum Gasteiger partial charge on any atom is -0.378 e. The van der Waals surface area contributed by atoms with Gasteiger partial charge in [-0.1, -0.05) is 83.5 Å². The van der Waals surface area contributed by atoms with Gasteiger partial charge in [0.05, 0.1) is 6.10 Å². The van der Waals surface area contributed by atoms with Crippen molar-refractivity contribution in [3.05, 3.63) is 0 Å². The zero-order valence-corrected chi connectivity index (χ0v) is 21.8. The Hall–Kier alpha value is -0.0400. The molecule has 186 valence electrons. The predicted octanol–water partition coefficient (Wildman–Crippen LogP) is 9.87. The third-order valence-corrected chi connectivity index (χ3v) is 10.7. The third-order valence-electron chi connectivity index (χ3n) is 10.7. The molecular formula is C31H56O. The minimum absolute atomic E-state index is 0.471. The summed E-state index contributed by atoms with van der Waals surface area (Å²) in [4.78, 5) is 0. The summed E-state index contributed by atoms with van der Waals surface area (Å²) in [5.41, 5.74) is 0.685. The van der Waals surface area contributed by atoms with E-state index in [-0.39, 0.29) is 0 Å². The maximum absolute atomic E-state index is 6.43. The van der Waals surface area contributed by atoms with Crippen LogP contribution in [0.4, 0.5) is 0 Å². The highest BCUT2D eigenvalue weighted by Crippen LogP contribution is 2.59. The molecule has 4 aliphatic carbocycles. The van der Waals surface area contributed by atoms with Crippen LogP contribution in [0.5, 0.6) is 0 Å². The summed E-state index contributed by atoms with van der Waals surface area (Å²) in [6.45, 7) is 3.42. The monoisotopic (exact) mass is 444 g/mol. The lowest BCUT2D eigenvalue weighted by molar-refractivity contribution is -0.0603. The molecule has 0 spiro atoms. The van der Waals surface area contributed by atoms with Crippen molar-refractivity contribution in [3.8, 4) is 0 Å². The molecule has 0 bridgehead atoms. The lowest BCUT2D eigenvalue weighted by Gasteiger charge is -2.55. The van der Waals surface area contributed by atoms with Gasteiger partial charge < -0.3 is 4.74 Å². The van der Waals surface area contributed by atoms with Gasteiger partial charge in [-0.25, -0.2) is 0 Å². The van der Waals surface area contributed by atoms with Gasteiger partial charge in [0.2, 0.25) is 0 Å². The molecule has 1 nitrogen and oxygen atoms in total. The molecule has 32 heavy (non-hydrogen) atoms. The van der Waals surface area contributed by atoms with Crippen molar-refractivity contribution in [2.45, 2.75) is 161 Å². The maximum Gasteiger partial charge on any atom is 0.0547 e. The van der Waals surface area contributed by atoms with Gasteiger partial charge >= 0.3 is 0 Å². The number of ether oxygens (including phenoxy) is 1. The Morgan fingerprint density at radius 1 is 0.594 bits per heavy atom. The van der Waals surface area contributed by atoms with E-state index < -0.39 is 0 Å². The first-order chi connectivity index (χ1) is 15.8. The van der Waals surface area contributed by atoms with Gasteiger partial charge in [0, 0.05) is 6.61 Å². The Labute approximate surface area is 201 Å². The summed E-state index contributed by atoms with van der Waals surface area (Å²) in [6.07, 6.45) is 34.9. The molecule has 0 aromatic heterocycles. The van der Waals surface area contributed by atoms with E-state index in [1.807, 2.05) is 0 Å². The molecule has 0 N–H and O–H groups in total. The van der Waals surface area contributed by atoms with E-state index in [4.69, 9.17) is 4.74 Å². The van der Waals surface area contributed by atoms with E-state index in [9.17, 15) is 0 Å². The molecule has 1 unspecified atom stereocenters. The van der Waals surface area contributed by atoms with Crippen molar-refractivity contribution in [1.29, 1.82) is 0 Å². The van der Waals surface area contributed by atoms with Crippen molar-refractivity contribution in [1.82, 2.24) is 0 Å². The molecule has 0 heterocycles. The highest BCUT2D eigenvalue weighted by atomic mass is 16.5. The van der Waals surface area contributed by atoms with E-state index >= 15 is 0 Å². The van der Waals surface area contributed by atoms with Crippen LogP contribution in [-0.4, -0.2) is 12.7 Å². The van der Waals surface area contributed by atoms with Crippen LogP contribution in [0, 0.1) is 29.1 Å². The maximum atomic E-state index is 6.43. The zero-order chi connectivity index (χ0) is 22.1. The van der Waals surface area contributed by atoms with E-state index in [1.54, 1.807) is 38.5 Å². The SMILES string of the molecule is CC(CCCC(C1CCCCC1)(C1CCCCC1)C1CCCCC1)OCC1CCCCC1. The smallest absolute Gasteiger partial charge is 0.0547 e.